The Hall–Kier alpha value is -2.20. The van der Waals surface area contributed by atoms with Crippen LogP contribution < -0.4 is 10.6 Å². The summed E-state index contributed by atoms with van der Waals surface area (Å²) in [7, 11) is 0. The number of hydrogen-bond acceptors (Lipinski definition) is 3. The molecule has 0 saturated heterocycles. The smallest absolute Gasteiger partial charge is 0.258 e. The van der Waals surface area contributed by atoms with Gasteiger partial charge in [-0.2, -0.15) is 0 Å². The predicted octanol–water partition coefficient (Wildman–Crippen LogP) is 2.44. The molecule has 1 unspecified atom stereocenters. The Bertz CT molecular complexity index is 654. The second-order valence-corrected chi connectivity index (χ2v) is 5.10. The Morgan fingerprint density at radius 2 is 2.15 bits per heavy atom. The minimum atomic E-state index is 0.00873. The molecule has 4 heteroatoms. The fraction of sp³-hybridized carbons (Fsp3) is 0.250. The number of hydrogen-bond donors (Lipinski definition) is 1. The number of pyridine rings is 1. The zero-order valence-corrected chi connectivity index (χ0v) is 11.4. The van der Waals surface area contributed by atoms with Crippen molar-refractivity contribution in [1.29, 1.82) is 0 Å². The van der Waals surface area contributed by atoms with Crippen molar-refractivity contribution in [2.75, 3.05) is 11.4 Å². The highest BCUT2D eigenvalue weighted by Gasteiger charge is 2.27. The lowest BCUT2D eigenvalue weighted by molar-refractivity contribution is 0.0984. The van der Waals surface area contributed by atoms with E-state index >= 15 is 0 Å². The number of aryl methyl sites for hydroxylation is 1. The molecule has 0 spiro atoms. The second kappa shape index (κ2) is 5.06. The van der Waals surface area contributed by atoms with Gasteiger partial charge >= 0.3 is 0 Å². The number of para-hydroxylation sites is 1. The van der Waals surface area contributed by atoms with Gasteiger partial charge in [-0.05, 0) is 37.1 Å². The van der Waals surface area contributed by atoms with Crippen LogP contribution in [0.1, 0.15) is 34.1 Å². The van der Waals surface area contributed by atoms with Crippen LogP contribution in [0.25, 0.3) is 0 Å². The zero-order valence-electron chi connectivity index (χ0n) is 11.4. The largest absolute Gasteiger partial charge is 0.324 e. The van der Waals surface area contributed by atoms with Crippen molar-refractivity contribution in [3.05, 3.63) is 59.4 Å². The van der Waals surface area contributed by atoms with Crippen molar-refractivity contribution in [3.63, 3.8) is 0 Å². The Morgan fingerprint density at radius 1 is 1.35 bits per heavy atom. The first-order valence-corrected chi connectivity index (χ1v) is 6.76. The average molecular weight is 267 g/mol. The quantitative estimate of drug-likeness (QED) is 0.863. The van der Waals surface area contributed by atoms with Crippen LogP contribution >= 0.6 is 0 Å². The highest BCUT2D eigenvalue weighted by atomic mass is 16.2. The van der Waals surface area contributed by atoms with Crippen molar-refractivity contribution in [2.45, 2.75) is 19.4 Å². The summed E-state index contributed by atoms with van der Waals surface area (Å²) in [5.74, 6) is 0.00912. The molecule has 102 valence electrons. The number of rotatable bonds is 1. The summed E-state index contributed by atoms with van der Waals surface area (Å²) >= 11 is 0. The van der Waals surface area contributed by atoms with Gasteiger partial charge in [-0.3, -0.25) is 9.78 Å². The first-order valence-electron chi connectivity index (χ1n) is 6.76. The predicted molar refractivity (Wildman–Crippen MR) is 78.6 cm³/mol. The number of carbonyl (C=O) groups excluding carboxylic acids is 1. The van der Waals surface area contributed by atoms with Crippen LogP contribution in [0, 0.1) is 6.92 Å². The first kappa shape index (κ1) is 12.8. The fourth-order valence-electron chi connectivity index (χ4n) is 2.64. The molecule has 0 saturated carbocycles. The number of nitrogens with two attached hydrogens (primary N) is 1. The molecule has 1 aromatic heterocycles. The van der Waals surface area contributed by atoms with Gasteiger partial charge in [-0.15, -0.1) is 0 Å². The molecule has 0 radical (unpaired) electrons. The fourth-order valence-corrected chi connectivity index (χ4v) is 2.64. The summed E-state index contributed by atoms with van der Waals surface area (Å²) < 4.78 is 0. The standard InChI is InChI=1S/C16H17N3O/c1-11-10-12(6-8-18-11)16(20)19-9-7-14(17)13-4-2-3-5-15(13)19/h2-6,8,10,14H,7,9,17H2,1H3. The summed E-state index contributed by atoms with van der Waals surface area (Å²) in [6.45, 7) is 2.54. The zero-order chi connectivity index (χ0) is 14.1. The Kier molecular flexibility index (Phi) is 3.24. The van der Waals surface area contributed by atoms with Crippen LogP contribution in [-0.4, -0.2) is 17.4 Å². The molecule has 1 aliphatic rings. The molecule has 0 fully saturated rings. The van der Waals surface area contributed by atoms with Gasteiger partial charge in [0.15, 0.2) is 0 Å². The molecule has 4 nitrogen and oxygen atoms in total. The van der Waals surface area contributed by atoms with Gasteiger partial charge in [-0.1, -0.05) is 18.2 Å². The Balaban J connectivity index is 1.99. The van der Waals surface area contributed by atoms with Crippen molar-refractivity contribution in [2.24, 2.45) is 5.73 Å². The summed E-state index contributed by atoms with van der Waals surface area (Å²) in [5.41, 5.74) is 9.60. The van der Waals surface area contributed by atoms with E-state index in [1.165, 1.54) is 0 Å². The molecular formula is C16H17N3O. The first-order chi connectivity index (χ1) is 9.66. The summed E-state index contributed by atoms with van der Waals surface area (Å²) in [5, 5.41) is 0. The molecule has 2 heterocycles. The maximum absolute atomic E-state index is 12.7. The van der Waals surface area contributed by atoms with Crippen LogP contribution in [0.3, 0.4) is 0 Å². The number of carbonyl (C=O) groups is 1. The Morgan fingerprint density at radius 3 is 2.95 bits per heavy atom. The number of aromatic nitrogens is 1. The third-order valence-corrected chi connectivity index (χ3v) is 3.68. The molecule has 1 atom stereocenters. The van der Waals surface area contributed by atoms with Gasteiger partial charge in [0.25, 0.3) is 5.91 Å². The minimum Gasteiger partial charge on any atom is -0.324 e. The van der Waals surface area contributed by atoms with Gasteiger partial charge in [0.2, 0.25) is 0 Å². The van der Waals surface area contributed by atoms with E-state index < -0.39 is 0 Å². The SMILES string of the molecule is Cc1cc(C(=O)N2CCC(N)c3ccccc32)ccn1. The lowest BCUT2D eigenvalue weighted by atomic mass is 9.96. The molecule has 20 heavy (non-hydrogen) atoms. The van der Waals surface area contributed by atoms with Crippen LogP contribution in [0.2, 0.25) is 0 Å². The van der Waals surface area contributed by atoms with Gasteiger partial charge < -0.3 is 10.6 Å². The van der Waals surface area contributed by atoms with Crippen molar-refractivity contribution < 1.29 is 4.79 Å². The van der Waals surface area contributed by atoms with E-state index in [-0.39, 0.29) is 11.9 Å². The van der Waals surface area contributed by atoms with E-state index in [1.807, 2.05) is 42.2 Å². The summed E-state index contributed by atoms with van der Waals surface area (Å²) in [6.07, 6.45) is 2.46. The second-order valence-electron chi connectivity index (χ2n) is 5.10. The molecule has 0 aliphatic carbocycles. The topological polar surface area (TPSA) is 59.2 Å². The maximum atomic E-state index is 12.7. The molecular weight excluding hydrogens is 250 g/mol. The summed E-state index contributed by atoms with van der Waals surface area (Å²) in [6, 6.07) is 11.4. The van der Waals surface area contributed by atoms with Crippen LogP contribution in [-0.2, 0) is 0 Å². The lowest BCUT2D eigenvalue weighted by Gasteiger charge is -2.32. The van der Waals surface area contributed by atoms with Crippen molar-refractivity contribution in [3.8, 4) is 0 Å². The molecule has 0 bridgehead atoms. The monoisotopic (exact) mass is 267 g/mol. The maximum Gasteiger partial charge on any atom is 0.258 e. The Labute approximate surface area is 118 Å². The molecule has 1 amide bonds. The van der Waals surface area contributed by atoms with E-state index in [0.29, 0.717) is 12.1 Å². The van der Waals surface area contributed by atoms with Gasteiger partial charge in [0, 0.05) is 35.7 Å². The number of anilines is 1. The van der Waals surface area contributed by atoms with Gasteiger partial charge in [-0.25, -0.2) is 0 Å². The third-order valence-electron chi connectivity index (χ3n) is 3.68. The molecule has 2 aromatic rings. The van der Waals surface area contributed by atoms with Crippen LogP contribution in [0.4, 0.5) is 5.69 Å². The number of nitrogens with zero attached hydrogens (tertiary/aromatic N) is 2. The van der Waals surface area contributed by atoms with E-state index in [1.54, 1.807) is 12.3 Å². The van der Waals surface area contributed by atoms with Crippen molar-refractivity contribution in [1.82, 2.24) is 4.98 Å². The number of fused-ring (bicyclic) bond motifs is 1. The van der Waals surface area contributed by atoms with E-state index in [4.69, 9.17) is 5.73 Å². The molecule has 3 rings (SSSR count). The van der Waals surface area contributed by atoms with Gasteiger partial charge in [0.1, 0.15) is 0 Å². The van der Waals surface area contributed by atoms with Gasteiger partial charge in [0.05, 0.1) is 0 Å². The molecule has 2 N–H and O–H groups in total. The normalized spacial score (nSPS) is 17.7. The molecule has 1 aromatic carbocycles. The average Bonchev–Trinajstić information content (AvgIpc) is 2.47. The number of amides is 1. The summed E-state index contributed by atoms with van der Waals surface area (Å²) in [4.78, 5) is 18.6. The van der Waals surface area contributed by atoms with Crippen LogP contribution in [0.5, 0.6) is 0 Å². The lowest BCUT2D eigenvalue weighted by Crippen LogP contribution is -2.38. The van der Waals surface area contributed by atoms with E-state index in [2.05, 4.69) is 4.98 Å². The highest BCUT2D eigenvalue weighted by molar-refractivity contribution is 6.06. The van der Waals surface area contributed by atoms with Crippen molar-refractivity contribution >= 4 is 11.6 Å². The minimum absolute atomic E-state index is 0.00873. The molecule has 1 aliphatic heterocycles. The van der Waals surface area contributed by atoms with Crippen LogP contribution in [0.15, 0.2) is 42.6 Å². The third kappa shape index (κ3) is 2.18. The van der Waals surface area contributed by atoms with E-state index in [0.717, 1.165) is 23.4 Å². The van der Waals surface area contributed by atoms with E-state index in [9.17, 15) is 4.79 Å². The number of benzene rings is 1. The highest BCUT2D eigenvalue weighted by Crippen LogP contribution is 2.32.